The van der Waals surface area contributed by atoms with E-state index < -0.39 is 0 Å². The third-order valence-corrected chi connectivity index (χ3v) is 5.86. The Balaban J connectivity index is 1.84. The van der Waals surface area contributed by atoms with Crippen molar-refractivity contribution in [2.75, 3.05) is 13.7 Å². The minimum absolute atomic E-state index is 0.144. The number of carbonyl (C=O) groups is 1. The van der Waals surface area contributed by atoms with Crippen LogP contribution in [0.25, 0.3) is 6.08 Å². The van der Waals surface area contributed by atoms with Crippen molar-refractivity contribution in [1.29, 1.82) is 0 Å². The van der Waals surface area contributed by atoms with Crippen molar-refractivity contribution < 1.29 is 14.3 Å². The topological polar surface area (TPSA) is 38.8 Å². The van der Waals surface area contributed by atoms with Crippen LogP contribution in [0, 0.1) is 6.92 Å². The minimum Gasteiger partial charge on any atom is -0.493 e. The van der Waals surface area contributed by atoms with E-state index >= 15 is 0 Å². The number of rotatable bonds is 7. The fourth-order valence-electron chi connectivity index (χ4n) is 2.86. The summed E-state index contributed by atoms with van der Waals surface area (Å²) in [6, 6.07) is 11.6. The normalized spacial score (nSPS) is 15.1. The van der Waals surface area contributed by atoms with E-state index in [4.69, 9.17) is 33.3 Å². The largest absolute Gasteiger partial charge is 0.493 e. The summed E-state index contributed by atoms with van der Waals surface area (Å²) in [5.74, 6) is 0.819. The smallest absolute Gasteiger partial charge is 0.266 e. The van der Waals surface area contributed by atoms with Gasteiger partial charge in [-0.2, -0.15) is 0 Å². The number of nitrogens with zero attached hydrogens (tertiary/aromatic N) is 1. The Morgan fingerprint density at radius 2 is 2.10 bits per heavy atom. The number of hydrogen-bond acceptors (Lipinski definition) is 5. The van der Waals surface area contributed by atoms with E-state index in [1.54, 1.807) is 31.4 Å². The average molecular weight is 446 g/mol. The lowest BCUT2D eigenvalue weighted by molar-refractivity contribution is -0.121. The molecule has 4 nitrogen and oxygen atoms in total. The van der Waals surface area contributed by atoms with Crippen LogP contribution >= 0.6 is 35.6 Å². The highest BCUT2D eigenvalue weighted by Gasteiger charge is 2.31. The molecule has 0 radical (unpaired) electrons. The molecule has 1 heterocycles. The van der Waals surface area contributed by atoms with Crippen LogP contribution in [0.15, 0.2) is 54.0 Å². The summed E-state index contributed by atoms with van der Waals surface area (Å²) in [5, 5.41) is 0.407. The number of thiocarbonyl (C=S) groups is 1. The average Bonchev–Trinajstić information content (AvgIpc) is 2.94. The minimum atomic E-state index is -0.144. The second-order valence-corrected chi connectivity index (χ2v) is 8.48. The van der Waals surface area contributed by atoms with E-state index in [0.29, 0.717) is 38.9 Å². The molecule has 3 rings (SSSR count). The number of aryl methyl sites for hydroxylation is 1. The molecule has 2 aromatic rings. The Hall–Kier alpha value is -2.28. The summed E-state index contributed by atoms with van der Waals surface area (Å²) in [6.07, 6.45) is 3.40. The molecule has 150 valence electrons. The van der Waals surface area contributed by atoms with Crippen LogP contribution in [-0.2, 0) is 11.4 Å². The fraction of sp³-hybridized carbons (Fsp3) is 0.182. The van der Waals surface area contributed by atoms with E-state index in [1.165, 1.54) is 16.7 Å². The summed E-state index contributed by atoms with van der Waals surface area (Å²) in [4.78, 5) is 14.6. The molecule has 1 aliphatic rings. The van der Waals surface area contributed by atoms with Gasteiger partial charge in [0.25, 0.3) is 5.91 Å². The van der Waals surface area contributed by atoms with E-state index in [-0.39, 0.29) is 5.91 Å². The number of carbonyl (C=O) groups excluding carboxylic acids is 1. The van der Waals surface area contributed by atoms with Crippen LogP contribution in [0.1, 0.15) is 16.7 Å². The molecule has 0 aliphatic carbocycles. The summed E-state index contributed by atoms with van der Waals surface area (Å²) < 4.78 is 11.9. The quantitative estimate of drug-likeness (QED) is 0.314. The van der Waals surface area contributed by atoms with Crippen molar-refractivity contribution in [3.63, 3.8) is 0 Å². The predicted molar refractivity (Wildman–Crippen MR) is 124 cm³/mol. The fourth-order valence-corrected chi connectivity index (χ4v) is 4.41. The number of thioether (sulfide) groups is 1. The molecule has 0 unspecified atom stereocenters. The molecule has 2 aromatic carbocycles. The van der Waals surface area contributed by atoms with Crippen molar-refractivity contribution in [1.82, 2.24) is 4.90 Å². The maximum atomic E-state index is 12.5. The Kier molecular flexibility index (Phi) is 7.00. The van der Waals surface area contributed by atoms with Gasteiger partial charge in [0.2, 0.25) is 0 Å². The van der Waals surface area contributed by atoms with E-state index in [9.17, 15) is 4.79 Å². The van der Waals surface area contributed by atoms with Gasteiger partial charge in [0, 0.05) is 6.54 Å². The summed E-state index contributed by atoms with van der Waals surface area (Å²) in [6.45, 7) is 6.45. The summed E-state index contributed by atoms with van der Waals surface area (Å²) in [5.41, 5.74) is 2.93. The van der Waals surface area contributed by atoms with E-state index in [2.05, 4.69) is 12.6 Å². The van der Waals surface area contributed by atoms with Crippen LogP contribution < -0.4 is 9.47 Å². The Labute approximate surface area is 185 Å². The monoisotopic (exact) mass is 445 g/mol. The predicted octanol–water partition coefficient (Wildman–Crippen LogP) is 5.62. The van der Waals surface area contributed by atoms with Gasteiger partial charge in [-0.1, -0.05) is 71.5 Å². The molecule has 0 N–H and O–H groups in total. The second kappa shape index (κ2) is 9.48. The van der Waals surface area contributed by atoms with Gasteiger partial charge < -0.3 is 9.47 Å². The Bertz CT molecular complexity index is 1000. The van der Waals surface area contributed by atoms with Crippen molar-refractivity contribution in [2.45, 2.75) is 13.5 Å². The highest BCUT2D eigenvalue weighted by molar-refractivity contribution is 8.26. The van der Waals surface area contributed by atoms with Crippen molar-refractivity contribution in [3.05, 3.63) is 75.7 Å². The molecule has 0 aromatic heterocycles. The zero-order valence-electron chi connectivity index (χ0n) is 16.1. The Morgan fingerprint density at radius 3 is 2.79 bits per heavy atom. The lowest BCUT2D eigenvalue weighted by atomic mass is 10.1. The van der Waals surface area contributed by atoms with Crippen LogP contribution in [0.4, 0.5) is 0 Å². The first-order valence-electron chi connectivity index (χ1n) is 8.85. The second-order valence-electron chi connectivity index (χ2n) is 6.39. The molecule has 7 heteroatoms. The number of methoxy groups -OCH3 is 1. The lowest BCUT2D eigenvalue weighted by Crippen LogP contribution is -2.27. The first kappa shape index (κ1) is 21.4. The van der Waals surface area contributed by atoms with Crippen molar-refractivity contribution >= 4 is 51.9 Å². The first-order valence-corrected chi connectivity index (χ1v) is 10.5. The van der Waals surface area contributed by atoms with E-state index in [1.807, 2.05) is 25.1 Å². The molecule has 1 saturated heterocycles. The number of ether oxygens (including phenoxy) is 2. The molecule has 29 heavy (non-hydrogen) atoms. The van der Waals surface area contributed by atoms with Gasteiger partial charge in [0.15, 0.2) is 11.5 Å². The maximum absolute atomic E-state index is 12.5. The number of hydrogen-bond donors (Lipinski definition) is 0. The molecular weight excluding hydrogens is 426 g/mol. The van der Waals surface area contributed by atoms with Crippen LogP contribution in [0.3, 0.4) is 0 Å². The number of benzene rings is 2. The SMILES string of the molecule is C=CCN1C(=O)/C(=C\c2cc(Cl)c(OCc3cccc(C)c3)c(OC)c2)SC1=S. The summed E-state index contributed by atoms with van der Waals surface area (Å²) >= 11 is 13.0. The zero-order valence-corrected chi connectivity index (χ0v) is 18.5. The zero-order chi connectivity index (χ0) is 21.0. The van der Waals surface area contributed by atoms with Gasteiger partial charge in [-0.3, -0.25) is 9.69 Å². The van der Waals surface area contributed by atoms with Gasteiger partial charge in [0.05, 0.1) is 17.0 Å². The standard InChI is InChI=1S/C22H20ClNO3S2/c1-4-8-24-21(25)19(29-22(24)28)12-16-10-17(23)20(18(11-16)26-3)27-13-15-7-5-6-14(2)9-15/h4-7,9-12H,1,8,13H2,2-3H3/b19-12+. The third-order valence-electron chi connectivity index (χ3n) is 4.20. The highest BCUT2D eigenvalue weighted by atomic mass is 35.5. The van der Waals surface area contributed by atoms with Crippen LogP contribution in [0.5, 0.6) is 11.5 Å². The van der Waals surface area contributed by atoms with E-state index in [0.717, 1.165) is 16.7 Å². The number of amides is 1. The molecular formula is C22H20ClNO3S2. The molecule has 0 atom stereocenters. The van der Waals surface area contributed by atoms with Crippen LogP contribution in [-0.4, -0.2) is 28.8 Å². The van der Waals surface area contributed by atoms with Crippen molar-refractivity contribution in [3.8, 4) is 11.5 Å². The Morgan fingerprint density at radius 1 is 1.31 bits per heavy atom. The van der Waals surface area contributed by atoms with Crippen molar-refractivity contribution in [2.24, 2.45) is 0 Å². The molecule has 0 bridgehead atoms. The lowest BCUT2D eigenvalue weighted by Gasteiger charge is -2.14. The molecule has 1 amide bonds. The highest BCUT2D eigenvalue weighted by Crippen LogP contribution is 2.39. The molecule has 0 spiro atoms. The molecule has 1 fully saturated rings. The van der Waals surface area contributed by atoms with Crippen LogP contribution in [0.2, 0.25) is 5.02 Å². The molecule has 0 saturated carbocycles. The van der Waals surface area contributed by atoms with Gasteiger partial charge in [-0.15, -0.1) is 6.58 Å². The number of halogens is 1. The third kappa shape index (κ3) is 5.01. The first-order chi connectivity index (χ1) is 13.9. The van der Waals surface area contributed by atoms with Gasteiger partial charge >= 0.3 is 0 Å². The summed E-state index contributed by atoms with van der Waals surface area (Å²) in [7, 11) is 1.55. The van der Waals surface area contributed by atoms with Gasteiger partial charge in [0.1, 0.15) is 10.9 Å². The van der Waals surface area contributed by atoms with Gasteiger partial charge in [-0.25, -0.2) is 0 Å². The van der Waals surface area contributed by atoms with Gasteiger partial charge in [-0.05, 0) is 36.3 Å². The molecule has 1 aliphatic heterocycles. The maximum Gasteiger partial charge on any atom is 0.266 e.